The lowest BCUT2D eigenvalue weighted by atomic mass is 9.97. The smallest absolute Gasteiger partial charge is 0.312 e. The maximum atomic E-state index is 11.8. The van der Waals surface area contributed by atoms with E-state index in [1.54, 1.807) is 0 Å². The summed E-state index contributed by atoms with van der Waals surface area (Å²) in [7, 11) is -0.753. The van der Waals surface area contributed by atoms with E-state index in [0.717, 1.165) is 0 Å². The van der Waals surface area contributed by atoms with Crippen LogP contribution >= 0.6 is 7.60 Å². The van der Waals surface area contributed by atoms with Crippen LogP contribution in [-0.2, 0) is 18.4 Å². The average Bonchev–Trinajstić information content (AvgIpc) is 2.29. The van der Waals surface area contributed by atoms with E-state index in [4.69, 9.17) is 14.3 Å². The summed E-state index contributed by atoms with van der Waals surface area (Å²) in [5, 5.41) is 8.45. The lowest BCUT2D eigenvalue weighted by molar-refractivity contribution is -0.120. The van der Waals surface area contributed by atoms with Gasteiger partial charge in [0, 0.05) is 26.6 Å². The fourth-order valence-corrected chi connectivity index (χ4v) is 2.40. The van der Waals surface area contributed by atoms with Crippen LogP contribution in [0.15, 0.2) is 0 Å². The zero-order chi connectivity index (χ0) is 12.6. The molecule has 6 heteroatoms. The van der Waals surface area contributed by atoms with Gasteiger partial charge < -0.3 is 9.05 Å². The molecule has 0 heterocycles. The SMILES string of the molecule is CCC(CCC#N)C(=O)CP(=O)(OC)OC. The minimum atomic E-state index is -3.27. The molecule has 0 aromatic carbocycles. The number of hydrogen-bond acceptors (Lipinski definition) is 5. The Morgan fingerprint density at radius 1 is 1.44 bits per heavy atom. The predicted octanol–water partition coefficient (Wildman–Crippen LogP) is 2.37. The van der Waals surface area contributed by atoms with Crippen molar-refractivity contribution in [3.05, 3.63) is 0 Å². The summed E-state index contributed by atoms with van der Waals surface area (Å²) in [6, 6.07) is 1.99. The normalized spacial score (nSPS) is 13.1. The molecule has 0 radical (unpaired) electrons. The third kappa shape index (κ3) is 4.89. The molecule has 0 aliphatic rings. The van der Waals surface area contributed by atoms with Gasteiger partial charge in [-0.3, -0.25) is 9.36 Å². The molecule has 0 N–H and O–H groups in total. The van der Waals surface area contributed by atoms with Crippen molar-refractivity contribution in [1.29, 1.82) is 5.26 Å². The molecule has 1 unspecified atom stereocenters. The first-order chi connectivity index (χ1) is 7.52. The summed E-state index contributed by atoms with van der Waals surface area (Å²) in [6.07, 6.45) is 1.24. The van der Waals surface area contributed by atoms with Gasteiger partial charge in [-0.2, -0.15) is 5.26 Å². The van der Waals surface area contributed by atoms with Crippen LogP contribution in [0.3, 0.4) is 0 Å². The van der Waals surface area contributed by atoms with E-state index in [1.165, 1.54) is 14.2 Å². The minimum Gasteiger partial charge on any atom is -0.312 e. The summed E-state index contributed by atoms with van der Waals surface area (Å²) < 4.78 is 21.1. The summed E-state index contributed by atoms with van der Waals surface area (Å²) in [6.45, 7) is 1.87. The quantitative estimate of drug-likeness (QED) is 0.615. The van der Waals surface area contributed by atoms with Crippen LogP contribution in [0, 0.1) is 17.2 Å². The summed E-state index contributed by atoms with van der Waals surface area (Å²) in [5.74, 6) is -0.400. The van der Waals surface area contributed by atoms with Gasteiger partial charge in [-0.25, -0.2) is 0 Å². The van der Waals surface area contributed by atoms with Crippen LogP contribution in [0.5, 0.6) is 0 Å². The molecule has 0 bridgehead atoms. The highest BCUT2D eigenvalue weighted by Gasteiger charge is 2.29. The Labute approximate surface area is 96.3 Å². The second-order valence-electron chi connectivity index (χ2n) is 3.40. The number of carbonyl (C=O) groups excluding carboxylic acids is 1. The Hall–Kier alpha value is -0.690. The Bertz CT molecular complexity index is 302. The molecule has 0 saturated heterocycles. The lowest BCUT2D eigenvalue weighted by Gasteiger charge is -2.16. The van der Waals surface area contributed by atoms with Gasteiger partial charge in [-0.15, -0.1) is 0 Å². The molecule has 16 heavy (non-hydrogen) atoms. The molecule has 0 amide bonds. The molecule has 1 atom stereocenters. The first kappa shape index (κ1) is 15.3. The van der Waals surface area contributed by atoms with Gasteiger partial charge in [0.15, 0.2) is 0 Å². The van der Waals surface area contributed by atoms with Crippen molar-refractivity contribution in [2.75, 3.05) is 20.4 Å². The zero-order valence-corrected chi connectivity index (χ0v) is 10.8. The number of nitriles is 1. The van der Waals surface area contributed by atoms with E-state index in [2.05, 4.69) is 0 Å². The highest BCUT2D eigenvalue weighted by molar-refractivity contribution is 7.54. The molecular weight excluding hydrogens is 229 g/mol. The average molecular weight is 247 g/mol. The van der Waals surface area contributed by atoms with Crippen molar-refractivity contribution in [2.24, 2.45) is 5.92 Å². The van der Waals surface area contributed by atoms with Crippen molar-refractivity contribution in [3.8, 4) is 6.07 Å². The summed E-state index contributed by atoms with van der Waals surface area (Å²) >= 11 is 0. The number of nitrogens with zero attached hydrogens (tertiary/aromatic N) is 1. The number of hydrogen-bond donors (Lipinski definition) is 0. The van der Waals surface area contributed by atoms with Gasteiger partial charge in [0.05, 0.1) is 6.07 Å². The van der Waals surface area contributed by atoms with Crippen LogP contribution < -0.4 is 0 Å². The monoisotopic (exact) mass is 247 g/mol. The van der Waals surface area contributed by atoms with E-state index in [-0.39, 0.29) is 17.9 Å². The second-order valence-corrected chi connectivity index (χ2v) is 5.67. The van der Waals surface area contributed by atoms with Gasteiger partial charge in [-0.1, -0.05) is 6.92 Å². The molecule has 0 rings (SSSR count). The van der Waals surface area contributed by atoms with E-state index in [9.17, 15) is 9.36 Å². The van der Waals surface area contributed by atoms with Crippen molar-refractivity contribution >= 4 is 13.4 Å². The highest BCUT2D eigenvalue weighted by atomic mass is 31.2. The van der Waals surface area contributed by atoms with Crippen LogP contribution in [0.1, 0.15) is 26.2 Å². The van der Waals surface area contributed by atoms with Gasteiger partial charge in [0.1, 0.15) is 11.9 Å². The number of carbonyl (C=O) groups is 1. The summed E-state index contributed by atoms with van der Waals surface area (Å²) in [5.41, 5.74) is 0. The van der Waals surface area contributed by atoms with Gasteiger partial charge in [-0.05, 0) is 12.8 Å². The van der Waals surface area contributed by atoms with Crippen molar-refractivity contribution in [1.82, 2.24) is 0 Å². The van der Waals surface area contributed by atoms with Crippen LogP contribution in [0.2, 0.25) is 0 Å². The van der Waals surface area contributed by atoms with Gasteiger partial charge in [0.2, 0.25) is 0 Å². The largest absolute Gasteiger partial charge is 0.337 e. The molecular formula is C10H18NO4P. The third-order valence-corrected chi connectivity index (χ3v) is 4.27. The first-order valence-electron chi connectivity index (χ1n) is 5.13. The molecule has 0 aromatic heterocycles. The lowest BCUT2D eigenvalue weighted by Crippen LogP contribution is -2.18. The highest BCUT2D eigenvalue weighted by Crippen LogP contribution is 2.46. The Morgan fingerprint density at radius 3 is 2.38 bits per heavy atom. The third-order valence-electron chi connectivity index (χ3n) is 2.46. The van der Waals surface area contributed by atoms with Crippen LogP contribution in [0.4, 0.5) is 0 Å². The molecule has 0 spiro atoms. The molecule has 92 valence electrons. The molecule has 0 aromatic rings. The van der Waals surface area contributed by atoms with Crippen molar-refractivity contribution in [3.63, 3.8) is 0 Å². The molecule has 0 fully saturated rings. The minimum absolute atomic E-state index is 0.162. The fraction of sp³-hybridized carbons (Fsp3) is 0.800. The van der Waals surface area contributed by atoms with E-state index >= 15 is 0 Å². The van der Waals surface area contributed by atoms with Crippen LogP contribution in [-0.4, -0.2) is 26.2 Å². The maximum Gasteiger partial charge on any atom is 0.337 e. The summed E-state index contributed by atoms with van der Waals surface area (Å²) in [4.78, 5) is 11.8. The number of rotatable bonds is 8. The molecule has 0 aliphatic carbocycles. The van der Waals surface area contributed by atoms with Gasteiger partial charge in [0.25, 0.3) is 0 Å². The topological polar surface area (TPSA) is 76.4 Å². The Morgan fingerprint density at radius 2 is 2.00 bits per heavy atom. The Balaban J connectivity index is 4.42. The van der Waals surface area contributed by atoms with Crippen LogP contribution in [0.25, 0.3) is 0 Å². The van der Waals surface area contributed by atoms with E-state index < -0.39 is 7.60 Å². The molecule has 5 nitrogen and oxygen atoms in total. The first-order valence-corrected chi connectivity index (χ1v) is 6.86. The standard InChI is InChI=1S/C10H18NO4P/c1-4-9(6-5-7-11)10(12)8-16(13,14-2)15-3/h9H,4-6,8H2,1-3H3. The predicted molar refractivity (Wildman–Crippen MR) is 60.1 cm³/mol. The van der Waals surface area contributed by atoms with Crippen molar-refractivity contribution < 1.29 is 18.4 Å². The second kappa shape index (κ2) is 7.56. The van der Waals surface area contributed by atoms with E-state index in [1.807, 2.05) is 13.0 Å². The number of Topliss-reactive ketones (excluding diaryl/α,β-unsaturated/α-hetero) is 1. The maximum absolute atomic E-state index is 11.8. The van der Waals surface area contributed by atoms with Gasteiger partial charge >= 0.3 is 7.60 Å². The Kier molecular flexibility index (Phi) is 7.24. The van der Waals surface area contributed by atoms with Crippen molar-refractivity contribution in [2.45, 2.75) is 26.2 Å². The molecule has 0 aliphatic heterocycles. The van der Waals surface area contributed by atoms with E-state index in [0.29, 0.717) is 19.3 Å². The molecule has 0 saturated carbocycles. The zero-order valence-electron chi connectivity index (χ0n) is 9.93. The fourth-order valence-electron chi connectivity index (χ4n) is 1.36. The number of ketones is 1.